The highest BCUT2D eigenvalue weighted by Crippen LogP contribution is 2.35. The zero-order chi connectivity index (χ0) is 52.1. The molecule has 5 aliphatic rings. The average Bonchev–Trinajstić information content (AvgIpc) is 3.93. The van der Waals surface area contributed by atoms with Gasteiger partial charge in [-0.05, 0) is 49.9 Å². The van der Waals surface area contributed by atoms with Crippen molar-refractivity contribution in [2.24, 2.45) is 0 Å². The summed E-state index contributed by atoms with van der Waals surface area (Å²) in [6, 6.07) is 5.17. The molecule has 26 nitrogen and oxygen atoms in total. The van der Waals surface area contributed by atoms with Crippen LogP contribution in [0.1, 0.15) is 62.2 Å². The van der Waals surface area contributed by atoms with E-state index in [4.69, 9.17) is 33.2 Å². The van der Waals surface area contributed by atoms with Crippen LogP contribution in [-0.2, 0) is 42.8 Å². The van der Waals surface area contributed by atoms with E-state index in [2.05, 4.69) is 26.6 Å². The lowest BCUT2D eigenvalue weighted by atomic mass is 9.95. The van der Waals surface area contributed by atoms with Gasteiger partial charge in [0.2, 0.25) is 11.8 Å². The van der Waals surface area contributed by atoms with E-state index >= 15 is 0 Å². The molecule has 5 amide bonds. The molecule has 5 fully saturated rings. The second kappa shape index (κ2) is 27.6. The lowest BCUT2D eigenvalue weighted by molar-refractivity contribution is -0.376. The first-order valence-electron chi connectivity index (χ1n) is 24.1. The molecule has 18 atom stereocenters. The third-order valence-corrected chi connectivity index (χ3v) is 14.4. The molecule has 1 aromatic carbocycles. The molecule has 27 heteroatoms. The van der Waals surface area contributed by atoms with Gasteiger partial charge in [0.05, 0.1) is 38.5 Å². The summed E-state index contributed by atoms with van der Waals surface area (Å²) in [7, 11) is 0. The fourth-order valence-corrected chi connectivity index (χ4v) is 10.5. The minimum Gasteiger partial charge on any atom is -0.484 e. The number of aliphatic hydroxyl groups is 9. The van der Waals surface area contributed by atoms with Crippen molar-refractivity contribution in [2.75, 3.05) is 51.9 Å². The first kappa shape index (κ1) is 57.4. The summed E-state index contributed by atoms with van der Waals surface area (Å²) in [6.07, 6.45) is -19.8. The molecule has 406 valence electrons. The number of urea groups is 1. The standard InChI is InChI=1S/C45H69N5O21S/c1-21(54)48-33-36(60)40(70-44-39(63)41(35(59)27(17-52)68-44)71-43-38(62)37(61)34(58)26(16-51)67-43)28(18-53)69-42(33)65-15-5-14-47-31(57)19-66-23-11-9-22(10-12-23)25(55)6-4-13-46-30(56)8-3-2-7-29-32-24(20-72-29)49-45(64)50-32/h9-12,24,26-29,32-44,51-53,58-63H,2-8,13-20H2,1H3,(H,46,56)(H,47,57)(H,48,54)(H2,49,50,64)/t24-,26?,27?,28?,29-,32-,33?,34-,35-,36+,37-,38?,39?,40+,41-,42+,43+,44-/m0/s1. The van der Waals surface area contributed by atoms with E-state index in [9.17, 15) is 69.9 Å². The maximum absolute atomic E-state index is 12.7. The Kier molecular flexibility index (Phi) is 22.0. The van der Waals surface area contributed by atoms with Crippen LogP contribution in [0.2, 0.25) is 0 Å². The first-order chi connectivity index (χ1) is 34.5. The molecule has 0 spiro atoms. The molecule has 1 aromatic rings. The molecule has 5 heterocycles. The lowest BCUT2D eigenvalue weighted by Gasteiger charge is -2.48. The quantitative estimate of drug-likeness (QED) is 0.0235. The molecule has 6 rings (SSSR count). The van der Waals surface area contributed by atoms with Crippen molar-refractivity contribution in [1.82, 2.24) is 26.6 Å². The summed E-state index contributed by atoms with van der Waals surface area (Å²) in [4.78, 5) is 61.4. The van der Waals surface area contributed by atoms with Crippen molar-refractivity contribution in [1.29, 1.82) is 0 Å². The normalized spacial score (nSPS) is 35.4. The number of hydrogen-bond acceptors (Lipinski definition) is 22. The Balaban J connectivity index is 0.877. The first-order valence-corrected chi connectivity index (χ1v) is 25.1. The topological polar surface area (TPSA) is 392 Å². The van der Waals surface area contributed by atoms with E-state index in [-0.39, 0.29) is 62.4 Å². The number of hydrogen-bond donors (Lipinski definition) is 14. The van der Waals surface area contributed by atoms with E-state index in [0.717, 1.165) is 31.9 Å². The van der Waals surface area contributed by atoms with Gasteiger partial charge in [0.15, 0.2) is 31.3 Å². The van der Waals surface area contributed by atoms with Crippen LogP contribution in [-0.4, -0.2) is 237 Å². The molecule has 5 aliphatic heterocycles. The number of ketones is 1. The van der Waals surface area contributed by atoms with Crippen LogP contribution in [0.15, 0.2) is 24.3 Å². The summed E-state index contributed by atoms with van der Waals surface area (Å²) in [5.41, 5.74) is 0.452. The lowest BCUT2D eigenvalue weighted by Crippen LogP contribution is -2.68. The molecule has 14 N–H and O–H groups in total. The van der Waals surface area contributed by atoms with E-state index in [1.165, 1.54) is 0 Å². The molecule has 5 saturated heterocycles. The number of Topliss-reactive ketones (excluding diaryl/α,β-unsaturated/α-hetero) is 1. The van der Waals surface area contributed by atoms with E-state index in [1.54, 1.807) is 24.3 Å². The number of amides is 5. The van der Waals surface area contributed by atoms with Crippen molar-refractivity contribution >= 4 is 41.3 Å². The van der Waals surface area contributed by atoms with E-state index < -0.39 is 124 Å². The van der Waals surface area contributed by atoms with Crippen molar-refractivity contribution in [2.45, 2.75) is 161 Å². The van der Waals surface area contributed by atoms with Gasteiger partial charge < -0.3 is 106 Å². The number of thioether (sulfide) groups is 1. The van der Waals surface area contributed by atoms with Crippen LogP contribution >= 0.6 is 11.8 Å². The number of unbranched alkanes of at least 4 members (excludes halogenated alkanes) is 1. The van der Waals surface area contributed by atoms with Gasteiger partial charge in [-0.25, -0.2) is 4.79 Å². The molecular formula is C45H69N5O21S. The molecule has 0 saturated carbocycles. The SMILES string of the molecule is CC(=O)NC1[C@H](OCCCNC(=O)COc2ccc(C(=O)CCCNC(=O)CCCC[C@@H]3SC[C@@H]4NC(=O)N[C@@H]43)cc2)OC(CO)[C@@H](O[C@@H]2OC(CO)[C@H](O)[C@H](O[C@H]3OC(CO)[C@H](O)[C@H](O)C3O)C2O)[C@@H]1O. The average molecular weight is 1050 g/mol. The number of rotatable bonds is 26. The van der Waals surface area contributed by atoms with E-state index in [0.29, 0.717) is 35.9 Å². The largest absolute Gasteiger partial charge is 0.484 e. The second-order valence-electron chi connectivity index (χ2n) is 18.2. The summed E-state index contributed by atoms with van der Waals surface area (Å²) in [6.45, 7) is -1.25. The Hall–Kier alpha value is -3.88. The minimum atomic E-state index is -1.98. The summed E-state index contributed by atoms with van der Waals surface area (Å²) < 4.78 is 39.6. The smallest absolute Gasteiger partial charge is 0.315 e. The van der Waals surface area contributed by atoms with Gasteiger partial charge in [-0.1, -0.05) is 6.42 Å². The Morgan fingerprint density at radius 3 is 2.03 bits per heavy atom. The monoisotopic (exact) mass is 1050 g/mol. The van der Waals surface area contributed by atoms with Crippen LogP contribution in [0, 0.1) is 0 Å². The predicted molar refractivity (Wildman–Crippen MR) is 247 cm³/mol. The van der Waals surface area contributed by atoms with Crippen molar-refractivity contribution in [3.05, 3.63) is 29.8 Å². The number of aliphatic hydroxyl groups excluding tert-OH is 9. The van der Waals surface area contributed by atoms with Gasteiger partial charge in [0.25, 0.3) is 5.91 Å². The van der Waals surface area contributed by atoms with Crippen LogP contribution in [0.4, 0.5) is 4.79 Å². The van der Waals surface area contributed by atoms with Crippen molar-refractivity contribution in [3.8, 4) is 5.75 Å². The molecular weight excluding hydrogens is 979 g/mol. The van der Waals surface area contributed by atoms with Gasteiger partial charge in [0.1, 0.15) is 78.9 Å². The van der Waals surface area contributed by atoms with Crippen LogP contribution < -0.4 is 31.3 Å². The van der Waals surface area contributed by atoms with Gasteiger partial charge >= 0.3 is 6.03 Å². The molecule has 0 bridgehead atoms. The summed E-state index contributed by atoms with van der Waals surface area (Å²) in [5, 5.41) is 109. The predicted octanol–water partition coefficient (Wildman–Crippen LogP) is -5.01. The second-order valence-corrected chi connectivity index (χ2v) is 19.5. The van der Waals surface area contributed by atoms with Crippen molar-refractivity contribution in [3.63, 3.8) is 0 Å². The van der Waals surface area contributed by atoms with Gasteiger partial charge in [-0.3, -0.25) is 19.2 Å². The molecule has 0 radical (unpaired) electrons. The molecule has 0 aliphatic carbocycles. The summed E-state index contributed by atoms with van der Waals surface area (Å²) in [5.74, 6) is -0.0215. The Morgan fingerprint density at radius 1 is 0.694 bits per heavy atom. The van der Waals surface area contributed by atoms with E-state index in [1.807, 2.05) is 11.8 Å². The van der Waals surface area contributed by atoms with Gasteiger partial charge in [-0.2, -0.15) is 11.8 Å². The molecule has 72 heavy (non-hydrogen) atoms. The third-order valence-electron chi connectivity index (χ3n) is 12.9. The minimum absolute atomic E-state index is 0.0664. The molecule has 0 aromatic heterocycles. The van der Waals surface area contributed by atoms with Gasteiger partial charge in [0, 0.05) is 49.4 Å². The number of ether oxygens (including phenoxy) is 7. The maximum Gasteiger partial charge on any atom is 0.315 e. The van der Waals surface area contributed by atoms with Gasteiger partial charge in [-0.15, -0.1) is 0 Å². The Bertz CT molecular complexity index is 1930. The van der Waals surface area contributed by atoms with Crippen LogP contribution in [0.5, 0.6) is 5.75 Å². The number of nitrogens with one attached hydrogen (secondary N) is 5. The maximum atomic E-state index is 12.7. The van der Waals surface area contributed by atoms with Crippen LogP contribution in [0.3, 0.4) is 0 Å². The zero-order valence-corrected chi connectivity index (χ0v) is 40.5. The number of carbonyl (C=O) groups excluding carboxylic acids is 5. The van der Waals surface area contributed by atoms with Crippen molar-refractivity contribution < 1.29 is 103 Å². The number of fused-ring (bicyclic) bond motifs is 1. The fourth-order valence-electron chi connectivity index (χ4n) is 9.00. The summed E-state index contributed by atoms with van der Waals surface area (Å²) >= 11 is 1.84. The Labute approximate surface area is 418 Å². The highest BCUT2D eigenvalue weighted by atomic mass is 32.2. The number of carbonyl (C=O) groups is 5. The highest BCUT2D eigenvalue weighted by molar-refractivity contribution is 8.00. The highest BCUT2D eigenvalue weighted by Gasteiger charge is 2.54. The number of benzene rings is 1. The zero-order valence-electron chi connectivity index (χ0n) is 39.6. The molecule has 6 unspecified atom stereocenters. The fraction of sp³-hybridized carbons (Fsp3) is 0.756. The third kappa shape index (κ3) is 15.1. The Morgan fingerprint density at radius 2 is 1.33 bits per heavy atom. The van der Waals surface area contributed by atoms with Crippen LogP contribution in [0.25, 0.3) is 0 Å².